The Morgan fingerprint density at radius 2 is 2.04 bits per heavy atom. The first-order valence-electron chi connectivity index (χ1n) is 7.39. The van der Waals surface area contributed by atoms with E-state index < -0.39 is 52.4 Å². The molecule has 0 bridgehead atoms. The number of hydrogen-bond donors (Lipinski definition) is 1. The average molecular weight is 384 g/mol. The summed E-state index contributed by atoms with van der Waals surface area (Å²) in [5, 5.41) is 0. The lowest BCUT2D eigenvalue weighted by Gasteiger charge is -2.28. The molecule has 0 aromatic carbocycles. The highest BCUT2D eigenvalue weighted by atomic mass is 32.2. The van der Waals surface area contributed by atoms with E-state index in [2.05, 4.69) is 11.3 Å². The van der Waals surface area contributed by atoms with Crippen molar-refractivity contribution in [2.45, 2.75) is 13.0 Å². The highest BCUT2D eigenvalue weighted by molar-refractivity contribution is 7.85. The maximum atomic E-state index is 12.0. The van der Waals surface area contributed by atoms with Crippen LogP contribution in [0.15, 0.2) is 47.8 Å². The van der Waals surface area contributed by atoms with Crippen molar-refractivity contribution in [3.8, 4) is 0 Å². The van der Waals surface area contributed by atoms with Crippen molar-refractivity contribution < 1.29 is 41.6 Å². The number of carbonyl (C=O) groups is 3. The zero-order chi connectivity index (χ0) is 19.5. The van der Waals surface area contributed by atoms with E-state index >= 15 is 0 Å². The van der Waals surface area contributed by atoms with Gasteiger partial charge in [0.05, 0.1) is 0 Å². The summed E-state index contributed by atoms with van der Waals surface area (Å²) in [6, 6.07) is 0. The molecule has 1 aliphatic heterocycles. The summed E-state index contributed by atoms with van der Waals surface area (Å²) in [4.78, 5) is 35.3. The van der Waals surface area contributed by atoms with Crippen LogP contribution in [-0.2, 0) is 38.7 Å². The Hall–Kier alpha value is -2.72. The van der Waals surface area contributed by atoms with Crippen molar-refractivity contribution in [2.24, 2.45) is 5.92 Å². The van der Waals surface area contributed by atoms with Gasteiger partial charge in [-0.25, -0.2) is 14.4 Å². The van der Waals surface area contributed by atoms with E-state index in [1.165, 1.54) is 25.2 Å². The van der Waals surface area contributed by atoms with Gasteiger partial charge in [-0.1, -0.05) is 18.7 Å². The van der Waals surface area contributed by atoms with E-state index in [0.29, 0.717) is 0 Å². The van der Waals surface area contributed by atoms with Crippen molar-refractivity contribution in [2.75, 3.05) is 12.4 Å². The van der Waals surface area contributed by atoms with E-state index in [1.807, 2.05) is 0 Å². The lowest BCUT2D eigenvalue weighted by molar-refractivity contribution is -0.150. The van der Waals surface area contributed by atoms with Gasteiger partial charge in [-0.15, -0.1) is 0 Å². The molecule has 0 fully saturated rings. The fraction of sp³-hybridized carbons (Fsp3) is 0.312. The molecule has 2 aliphatic rings. The minimum atomic E-state index is -4.28. The van der Waals surface area contributed by atoms with Crippen LogP contribution in [0.1, 0.15) is 6.92 Å². The Bertz CT molecular complexity index is 845. The van der Waals surface area contributed by atoms with Crippen LogP contribution in [0, 0.1) is 5.92 Å². The van der Waals surface area contributed by atoms with E-state index in [1.54, 1.807) is 6.08 Å². The van der Waals surface area contributed by atoms with Crippen molar-refractivity contribution in [1.29, 1.82) is 0 Å². The monoisotopic (exact) mass is 384 g/mol. The topological polar surface area (TPSA) is 133 Å². The fourth-order valence-corrected chi connectivity index (χ4v) is 2.38. The summed E-state index contributed by atoms with van der Waals surface area (Å²) in [7, 11) is -4.28. The predicted molar refractivity (Wildman–Crippen MR) is 87.0 cm³/mol. The Kier molecular flexibility index (Phi) is 5.78. The molecule has 1 heterocycles. The van der Waals surface area contributed by atoms with Gasteiger partial charge in [0.1, 0.15) is 29.8 Å². The quantitative estimate of drug-likeness (QED) is 0.228. The number of esters is 3. The number of carbonyl (C=O) groups excluding carboxylic acids is 3. The molecule has 26 heavy (non-hydrogen) atoms. The summed E-state index contributed by atoms with van der Waals surface area (Å²) in [5.74, 6) is -3.73. The van der Waals surface area contributed by atoms with Crippen LogP contribution in [0.25, 0.3) is 0 Å². The predicted octanol–water partition coefficient (Wildman–Crippen LogP) is 0.458. The number of fused-ring (bicyclic) bond motifs is 1. The highest BCUT2D eigenvalue weighted by Crippen LogP contribution is 2.28. The number of allylic oxidation sites excluding steroid dienone is 1. The minimum absolute atomic E-state index is 0.180. The van der Waals surface area contributed by atoms with Gasteiger partial charge in [-0.3, -0.25) is 4.55 Å². The van der Waals surface area contributed by atoms with E-state index in [4.69, 9.17) is 14.0 Å². The van der Waals surface area contributed by atoms with E-state index in [9.17, 15) is 22.8 Å². The second kappa shape index (κ2) is 7.67. The summed E-state index contributed by atoms with van der Waals surface area (Å²) in [5.41, 5.74) is -0.182. The molecule has 0 saturated carbocycles. The maximum absolute atomic E-state index is 12.0. The van der Waals surface area contributed by atoms with E-state index in [0.717, 1.165) is 0 Å². The molecule has 0 amide bonds. The summed E-state index contributed by atoms with van der Waals surface area (Å²) >= 11 is 0. The van der Waals surface area contributed by atoms with Crippen LogP contribution in [0.4, 0.5) is 0 Å². The van der Waals surface area contributed by atoms with Crippen LogP contribution in [0.5, 0.6) is 0 Å². The van der Waals surface area contributed by atoms with Gasteiger partial charge in [0.15, 0.2) is 0 Å². The standard InChI is InChI=1S/C16H16O9S/c1-9(2)14(17)24-11-4-3-10-7-12(16(19)25-13(10)8-11)15(18)23-5-6-26(20,21)22/h3-4,7-8,10,13H,1,5-6H2,2H3,(H,20,21,22). The van der Waals surface area contributed by atoms with Crippen LogP contribution in [0.2, 0.25) is 0 Å². The SMILES string of the molecule is C=C(C)C(=O)OC1=CC2OC(=O)C(C(=O)OCCS(=O)(=O)O)=CC2C=C1. The third-order valence-corrected chi connectivity index (χ3v) is 4.05. The molecule has 0 radical (unpaired) electrons. The lowest BCUT2D eigenvalue weighted by Crippen LogP contribution is -2.34. The normalized spacial score (nSPS) is 21.7. The average Bonchev–Trinajstić information content (AvgIpc) is 2.52. The van der Waals surface area contributed by atoms with Crippen LogP contribution >= 0.6 is 0 Å². The lowest BCUT2D eigenvalue weighted by atomic mass is 9.92. The first-order chi connectivity index (χ1) is 12.1. The molecule has 0 aromatic rings. The fourth-order valence-electron chi connectivity index (χ4n) is 2.09. The second-order valence-corrected chi connectivity index (χ2v) is 7.12. The first kappa shape index (κ1) is 19.6. The molecule has 140 valence electrons. The van der Waals surface area contributed by atoms with Gasteiger partial charge in [0.25, 0.3) is 10.1 Å². The smallest absolute Gasteiger partial charge is 0.345 e. The number of ether oxygens (including phenoxy) is 3. The Morgan fingerprint density at radius 1 is 1.35 bits per heavy atom. The number of rotatable bonds is 6. The van der Waals surface area contributed by atoms with Gasteiger partial charge in [0.2, 0.25) is 0 Å². The maximum Gasteiger partial charge on any atom is 0.345 e. The number of hydrogen-bond acceptors (Lipinski definition) is 8. The third-order valence-electron chi connectivity index (χ3n) is 3.37. The van der Waals surface area contributed by atoms with Crippen molar-refractivity contribution in [3.63, 3.8) is 0 Å². The van der Waals surface area contributed by atoms with E-state index in [-0.39, 0.29) is 16.9 Å². The first-order valence-corrected chi connectivity index (χ1v) is 9.00. The molecular weight excluding hydrogens is 368 g/mol. The molecule has 2 unspecified atom stereocenters. The summed E-state index contributed by atoms with van der Waals surface area (Å²) in [6.45, 7) is 4.34. The molecule has 2 rings (SSSR count). The third kappa shape index (κ3) is 5.14. The zero-order valence-corrected chi connectivity index (χ0v) is 14.5. The Labute approximate surface area is 149 Å². The Morgan fingerprint density at radius 3 is 2.65 bits per heavy atom. The van der Waals surface area contributed by atoms with Crippen LogP contribution in [-0.4, -0.2) is 49.3 Å². The molecule has 9 nitrogen and oxygen atoms in total. The second-order valence-electron chi connectivity index (χ2n) is 5.55. The summed E-state index contributed by atoms with van der Waals surface area (Å²) in [6.07, 6.45) is 5.02. The van der Waals surface area contributed by atoms with Crippen LogP contribution < -0.4 is 0 Å². The van der Waals surface area contributed by atoms with Gasteiger partial charge in [0, 0.05) is 11.5 Å². The van der Waals surface area contributed by atoms with Gasteiger partial charge in [-0.05, 0) is 19.1 Å². The molecule has 1 N–H and O–H groups in total. The molecule has 1 aliphatic carbocycles. The molecule has 10 heteroatoms. The summed E-state index contributed by atoms with van der Waals surface area (Å²) < 4.78 is 44.6. The molecular formula is C16H16O9S. The zero-order valence-electron chi connectivity index (χ0n) is 13.7. The van der Waals surface area contributed by atoms with Gasteiger partial charge >= 0.3 is 17.9 Å². The van der Waals surface area contributed by atoms with Crippen LogP contribution in [0.3, 0.4) is 0 Å². The molecule has 0 aromatic heterocycles. The minimum Gasteiger partial charge on any atom is -0.461 e. The van der Waals surface area contributed by atoms with Crippen molar-refractivity contribution in [1.82, 2.24) is 0 Å². The molecule has 0 saturated heterocycles. The molecule has 2 atom stereocenters. The Balaban J connectivity index is 2.05. The van der Waals surface area contributed by atoms with Gasteiger partial charge < -0.3 is 14.2 Å². The molecule has 0 spiro atoms. The highest BCUT2D eigenvalue weighted by Gasteiger charge is 2.35. The van der Waals surface area contributed by atoms with Gasteiger partial charge in [-0.2, -0.15) is 8.42 Å². The van der Waals surface area contributed by atoms with Crippen molar-refractivity contribution >= 4 is 28.0 Å². The van der Waals surface area contributed by atoms with Crippen molar-refractivity contribution in [3.05, 3.63) is 47.8 Å². The largest absolute Gasteiger partial charge is 0.461 e.